The standard InChI is InChI=1S/C16H24N4O2/c1-3-4-15(21)20-6-5-14-13(11-20)16(18-12(2)17-14)19-7-9-22-10-8-19/h3-11H2,1-2H3. The Balaban J connectivity index is 1.88. The molecule has 2 aliphatic heterocycles. The van der Waals surface area contributed by atoms with Crippen molar-refractivity contribution in [1.82, 2.24) is 14.9 Å². The van der Waals surface area contributed by atoms with Gasteiger partial charge in [-0.3, -0.25) is 4.79 Å². The Hall–Kier alpha value is -1.69. The molecule has 0 N–H and O–H groups in total. The SMILES string of the molecule is CCCC(=O)N1CCc2nc(C)nc(N3CCOCC3)c2C1. The lowest BCUT2D eigenvalue weighted by molar-refractivity contribution is -0.132. The monoisotopic (exact) mass is 304 g/mol. The molecular weight excluding hydrogens is 280 g/mol. The van der Waals surface area contributed by atoms with Crippen LogP contribution in [0.2, 0.25) is 0 Å². The van der Waals surface area contributed by atoms with Crippen molar-refractivity contribution in [2.75, 3.05) is 37.7 Å². The zero-order chi connectivity index (χ0) is 15.5. The number of anilines is 1. The highest BCUT2D eigenvalue weighted by atomic mass is 16.5. The largest absolute Gasteiger partial charge is 0.378 e. The highest BCUT2D eigenvalue weighted by Crippen LogP contribution is 2.27. The lowest BCUT2D eigenvalue weighted by Crippen LogP contribution is -2.41. The summed E-state index contributed by atoms with van der Waals surface area (Å²) in [7, 11) is 0. The van der Waals surface area contributed by atoms with E-state index in [1.54, 1.807) is 0 Å². The average Bonchev–Trinajstić information content (AvgIpc) is 2.54. The summed E-state index contributed by atoms with van der Waals surface area (Å²) in [6, 6.07) is 0. The molecule has 1 amide bonds. The lowest BCUT2D eigenvalue weighted by atomic mass is 10.0. The molecule has 0 spiro atoms. The first kappa shape index (κ1) is 15.2. The Morgan fingerprint density at radius 1 is 1.23 bits per heavy atom. The molecule has 22 heavy (non-hydrogen) atoms. The number of carbonyl (C=O) groups is 1. The van der Waals surface area contributed by atoms with E-state index in [4.69, 9.17) is 4.74 Å². The predicted molar refractivity (Wildman–Crippen MR) is 83.8 cm³/mol. The average molecular weight is 304 g/mol. The van der Waals surface area contributed by atoms with E-state index in [0.29, 0.717) is 13.0 Å². The summed E-state index contributed by atoms with van der Waals surface area (Å²) >= 11 is 0. The van der Waals surface area contributed by atoms with Crippen molar-refractivity contribution in [2.45, 2.75) is 39.7 Å². The minimum Gasteiger partial charge on any atom is -0.378 e. The van der Waals surface area contributed by atoms with Gasteiger partial charge in [0.2, 0.25) is 5.91 Å². The molecule has 0 bridgehead atoms. The summed E-state index contributed by atoms with van der Waals surface area (Å²) in [5, 5.41) is 0. The van der Waals surface area contributed by atoms with E-state index in [2.05, 4.69) is 14.9 Å². The smallest absolute Gasteiger partial charge is 0.222 e. The summed E-state index contributed by atoms with van der Waals surface area (Å²) in [6.07, 6.45) is 2.34. The van der Waals surface area contributed by atoms with Gasteiger partial charge < -0.3 is 14.5 Å². The topological polar surface area (TPSA) is 58.6 Å². The first-order valence-electron chi connectivity index (χ1n) is 8.16. The maximum atomic E-state index is 12.2. The lowest BCUT2D eigenvalue weighted by Gasteiger charge is -2.34. The van der Waals surface area contributed by atoms with Gasteiger partial charge in [-0.2, -0.15) is 0 Å². The molecular formula is C16H24N4O2. The normalized spacial score (nSPS) is 18.3. The van der Waals surface area contributed by atoms with Crippen LogP contribution in [0.5, 0.6) is 0 Å². The van der Waals surface area contributed by atoms with Crippen molar-refractivity contribution < 1.29 is 9.53 Å². The number of carbonyl (C=O) groups excluding carboxylic acids is 1. The van der Waals surface area contributed by atoms with Gasteiger partial charge in [0.05, 0.1) is 25.5 Å². The van der Waals surface area contributed by atoms with Crippen molar-refractivity contribution in [3.8, 4) is 0 Å². The Bertz CT molecular complexity index is 555. The number of hydrogen-bond donors (Lipinski definition) is 0. The number of amides is 1. The van der Waals surface area contributed by atoms with E-state index in [1.807, 2.05) is 18.7 Å². The Labute approximate surface area is 131 Å². The fourth-order valence-electron chi connectivity index (χ4n) is 3.14. The van der Waals surface area contributed by atoms with E-state index in [-0.39, 0.29) is 5.91 Å². The summed E-state index contributed by atoms with van der Waals surface area (Å²) in [4.78, 5) is 25.7. The van der Waals surface area contributed by atoms with Gasteiger partial charge in [0.25, 0.3) is 0 Å². The maximum absolute atomic E-state index is 12.2. The highest BCUT2D eigenvalue weighted by Gasteiger charge is 2.27. The third-order valence-electron chi connectivity index (χ3n) is 4.28. The van der Waals surface area contributed by atoms with Gasteiger partial charge in [-0.1, -0.05) is 6.92 Å². The van der Waals surface area contributed by atoms with Gasteiger partial charge in [0, 0.05) is 38.0 Å². The Morgan fingerprint density at radius 2 is 2.00 bits per heavy atom. The quantitative estimate of drug-likeness (QED) is 0.842. The molecule has 3 rings (SSSR count). The van der Waals surface area contributed by atoms with Gasteiger partial charge in [-0.05, 0) is 13.3 Å². The predicted octanol–water partition coefficient (Wildman–Crippen LogP) is 1.31. The van der Waals surface area contributed by atoms with Crippen LogP contribution in [0.25, 0.3) is 0 Å². The van der Waals surface area contributed by atoms with E-state index < -0.39 is 0 Å². The molecule has 0 saturated carbocycles. The van der Waals surface area contributed by atoms with Crippen LogP contribution in [0, 0.1) is 6.92 Å². The Morgan fingerprint density at radius 3 is 2.73 bits per heavy atom. The van der Waals surface area contributed by atoms with Gasteiger partial charge >= 0.3 is 0 Å². The number of fused-ring (bicyclic) bond motifs is 1. The van der Waals surface area contributed by atoms with Crippen LogP contribution in [0.4, 0.5) is 5.82 Å². The van der Waals surface area contributed by atoms with E-state index in [1.165, 1.54) is 0 Å². The third kappa shape index (κ3) is 3.06. The molecule has 1 aromatic rings. The number of ether oxygens (including phenoxy) is 1. The number of hydrogen-bond acceptors (Lipinski definition) is 5. The molecule has 1 saturated heterocycles. The molecule has 0 aromatic carbocycles. The highest BCUT2D eigenvalue weighted by molar-refractivity contribution is 5.76. The number of aryl methyl sites for hydroxylation is 1. The number of nitrogens with zero attached hydrogens (tertiary/aromatic N) is 4. The van der Waals surface area contributed by atoms with Crippen molar-refractivity contribution in [3.05, 3.63) is 17.1 Å². The number of morpholine rings is 1. The summed E-state index contributed by atoms with van der Waals surface area (Å²) in [5.74, 6) is 2.05. The zero-order valence-corrected chi connectivity index (χ0v) is 13.5. The van der Waals surface area contributed by atoms with Crippen LogP contribution in [-0.2, 0) is 22.5 Å². The molecule has 6 heteroatoms. The molecule has 0 atom stereocenters. The maximum Gasteiger partial charge on any atom is 0.222 e. The first-order chi connectivity index (χ1) is 10.7. The van der Waals surface area contributed by atoms with Gasteiger partial charge in [0.1, 0.15) is 11.6 Å². The molecule has 2 aliphatic rings. The molecule has 120 valence electrons. The molecule has 0 aliphatic carbocycles. The van der Waals surface area contributed by atoms with E-state index in [0.717, 1.165) is 68.6 Å². The fraction of sp³-hybridized carbons (Fsp3) is 0.688. The first-order valence-corrected chi connectivity index (χ1v) is 8.16. The molecule has 1 aromatic heterocycles. The van der Waals surface area contributed by atoms with Crippen LogP contribution in [0.3, 0.4) is 0 Å². The summed E-state index contributed by atoms with van der Waals surface area (Å²) in [5.41, 5.74) is 2.23. The minimum absolute atomic E-state index is 0.238. The summed E-state index contributed by atoms with van der Waals surface area (Å²) < 4.78 is 5.44. The molecule has 0 unspecified atom stereocenters. The fourth-order valence-corrected chi connectivity index (χ4v) is 3.14. The zero-order valence-electron chi connectivity index (χ0n) is 13.5. The van der Waals surface area contributed by atoms with Crippen molar-refractivity contribution in [1.29, 1.82) is 0 Å². The molecule has 1 fully saturated rings. The second-order valence-corrected chi connectivity index (χ2v) is 5.93. The second-order valence-electron chi connectivity index (χ2n) is 5.93. The van der Waals surface area contributed by atoms with Crippen LogP contribution in [0.1, 0.15) is 36.8 Å². The number of rotatable bonds is 3. The molecule has 3 heterocycles. The third-order valence-corrected chi connectivity index (χ3v) is 4.28. The van der Waals surface area contributed by atoms with Crippen molar-refractivity contribution in [2.24, 2.45) is 0 Å². The van der Waals surface area contributed by atoms with Crippen LogP contribution < -0.4 is 4.90 Å². The van der Waals surface area contributed by atoms with Crippen LogP contribution in [-0.4, -0.2) is 53.6 Å². The van der Waals surface area contributed by atoms with Crippen LogP contribution >= 0.6 is 0 Å². The van der Waals surface area contributed by atoms with E-state index >= 15 is 0 Å². The van der Waals surface area contributed by atoms with Gasteiger partial charge in [0.15, 0.2) is 0 Å². The molecule has 6 nitrogen and oxygen atoms in total. The summed E-state index contributed by atoms with van der Waals surface area (Å²) in [6.45, 7) is 8.57. The minimum atomic E-state index is 0.238. The second kappa shape index (κ2) is 6.60. The van der Waals surface area contributed by atoms with Crippen molar-refractivity contribution >= 4 is 11.7 Å². The van der Waals surface area contributed by atoms with Crippen molar-refractivity contribution in [3.63, 3.8) is 0 Å². The van der Waals surface area contributed by atoms with Gasteiger partial charge in [-0.25, -0.2) is 9.97 Å². The van der Waals surface area contributed by atoms with Crippen LogP contribution in [0.15, 0.2) is 0 Å². The van der Waals surface area contributed by atoms with Gasteiger partial charge in [-0.15, -0.1) is 0 Å². The molecule has 0 radical (unpaired) electrons. The van der Waals surface area contributed by atoms with E-state index in [9.17, 15) is 4.79 Å². The Kier molecular flexibility index (Phi) is 4.57. The number of aromatic nitrogens is 2.